The van der Waals surface area contributed by atoms with Gasteiger partial charge in [0.15, 0.2) is 18.1 Å². The van der Waals surface area contributed by atoms with Crippen molar-refractivity contribution < 1.29 is 19.4 Å². The van der Waals surface area contributed by atoms with Gasteiger partial charge in [-0.15, -0.1) is 0 Å². The molecule has 0 unspecified atom stereocenters. The number of hydrogen-bond acceptors (Lipinski definition) is 8. The van der Waals surface area contributed by atoms with Crippen molar-refractivity contribution in [2.75, 3.05) is 26.8 Å². The fourth-order valence-corrected chi connectivity index (χ4v) is 3.57. The van der Waals surface area contributed by atoms with Gasteiger partial charge in [0.2, 0.25) is 0 Å². The maximum Gasteiger partial charge on any atom is 0.258 e. The fraction of sp³-hybridized carbons (Fsp3) is 0.304. The van der Waals surface area contributed by atoms with Gasteiger partial charge >= 0.3 is 0 Å². The molecule has 0 fully saturated rings. The number of benzene rings is 1. The first kappa shape index (κ1) is 21.4. The monoisotopic (exact) mass is 435 g/mol. The average molecular weight is 435 g/mol. The third kappa shape index (κ3) is 4.27. The number of aliphatic hydroxyl groups excluding tert-OH is 1. The highest BCUT2D eigenvalue weighted by molar-refractivity contribution is 6.20. The molecule has 1 aromatic carbocycles. The van der Waals surface area contributed by atoms with Crippen LogP contribution in [0.4, 0.5) is 5.69 Å². The average Bonchev–Trinajstić information content (AvgIpc) is 3.28. The van der Waals surface area contributed by atoms with Crippen molar-refractivity contribution in [2.45, 2.75) is 19.9 Å². The molecule has 32 heavy (non-hydrogen) atoms. The van der Waals surface area contributed by atoms with Gasteiger partial charge in [0.1, 0.15) is 23.1 Å². The second-order valence-corrected chi connectivity index (χ2v) is 7.60. The summed E-state index contributed by atoms with van der Waals surface area (Å²) in [5.41, 5.74) is 1.92. The summed E-state index contributed by atoms with van der Waals surface area (Å²) in [6, 6.07) is 7.15. The van der Waals surface area contributed by atoms with Crippen LogP contribution in [0.15, 0.2) is 52.7 Å². The summed E-state index contributed by atoms with van der Waals surface area (Å²) in [6.45, 7) is 4.90. The van der Waals surface area contributed by atoms with Gasteiger partial charge in [-0.1, -0.05) is 0 Å². The van der Waals surface area contributed by atoms with Gasteiger partial charge in [-0.2, -0.15) is 0 Å². The van der Waals surface area contributed by atoms with Gasteiger partial charge in [0.05, 0.1) is 13.7 Å². The number of amidine groups is 2. The van der Waals surface area contributed by atoms with E-state index < -0.39 is 0 Å². The fourth-order valence-electron chi connectivity index (χ4n) is 3.57. The maximum absolute atomic E-state index is 12.0. The maximum atomic E-state index is 12.0. The zero-order valence-corrected chi connectivity index (χ0v) is 18.2. The van der Waals surface area contributed by atoms with Gasteiger partial charge in [0, 0.05) is 42.2 Å². The van der Waals surface area contributed by atoms with Gasteiger partial charge in [-0.25, -0.2) is 4.99 Å². The highest BCUT2D eigenvalue weighted by Gasteiger charge is 2.32. The largest absolute Gasteiger partial charge is 0.507 e. The van der Waals surface area contributed by atoms with Gasteiger partial charge in [0.25, 0.3) is 5.91 Å². The lowest BCUT2D eigenvalue weighted by atomic mass is 10.1. The number of nitrogens with one attached hydrogen (secondary N) is 1. The molecule has 2 aliphatic rings. The van der Waals surface area contributed by atoms with Crippen LogP contribution in [-0.4, -0.2) is 65.4 Å². The first-order valence-electron chi connectivity index (χ1n) is 10.3. The van der Waals surface area contributed by atoms with Gasteiger partial charge in [-0.05, 0) is 38.1 Å². The van der Waals surface area contributed by atoms with Crippen molar-refractivity contribution in [3.05, 3.63) is 53.9 Å². The van der Waals surface area contributed by atoms with E-state index in [0.29, 0.717) is 41.7 Å². The van der Waals surface area contributed by atoms with E-state index in [9.17, 15) is 9.90 Å². The Morgan fingerprint density at radius 1 is 1.34 bits per heavy atom. The lowest BCUT2D eigenvalue weighted by Crippen LogP contribution is -2.36. The van der Waals surface area contributed by atoms with Crippen molar-refractivity contribution >= 4 is 29.0 Å². The Labute approximate surface area is 186 Å². The quantitative estimate of drug-likeness (QED) is 0.648. The van der Waals surface area contributed by atoms with E-state index >= 15 is 0 Å². The van der Waals surface area contributed by atoms with Gasteiger partial charge < -0.3 is 24.8 Å². The van der Waals surface area contributed by atoms with E-state index in [1.54, 1.807) is 36.7 Å². The Kier molecular flexibility index (Phi) is 6.07. The first-order chi connectivity index (χ1) is 15.5. The number of carbonyl (C=O) groups excluding carboxylic acids is 1. The van der Waals surface area contributed by atoms with Crippen molar-refractivity contribution in [1.82, 2.24) is 15.2 Å². The topological polar surface area (TPSA) is 109 Å². The van der Waals surface area contributed by atoms with Crippen LogP contribution in [0.2, 0.25) is 0 Å². The molecule has 0 atom stereocenters. The number of nitrogens with zero attached hydrogens (tertiary/aromatic N) is 4. The summed E-state index contributed by atoms with van der Waals surface area (Å²) in [7, 11) is 1.53. The minimum atomic E-state index is -0.223. The zero-order valence-electron chi connectivity index (χ0n) is 18.2. The Morgan fingerprint density at radius 2 is 2.19 bits per heavy atom. The van der Waals surface area contributed by atoms with Crippen LogP contribution in [-0.2, 0) is 4.79 Å². The lowest BCUT2D eigenvalue weighted by molar-refractivity contribution is -0.123. The van der Waals surface area contributed by atoms with E-state index in [-0.39, 0.29) is 24.3 Å². The first-order valence-corrected chi connectivity index (χ1v) is 10.3. The van der Waals surface area contributed by atoms with Crippen LogP contribution in [0.3, 0.4) is 0 Å². The SMILES string of the molecule is COc1c(OCC(=O)NC(C)C)ccc2c1N=C(/C=C(\O)c1cccnc1)N1CCN=C21. The molecule has 0 radical (unpaired) electrons. The molecule has 2 aromatic rings. The molecule has 2 aliphatic heterocycles. The van der Waals surface area contributed by atoms with Crippen molar-refractivity contribution in [3.8, 4) is 11.5 Å². The molecule has 9 heteroatoms. The number of fused-ring (bicyclic) bond motifs is 3. The summed E-state index contributed by atoms with van der Waals surface area (Å²) in [5.74, 6) is 1.91. The lowest BCUT2D eigenvalue weighted by Gasteiger charge is -2.27. The number of carbonyl (C=O) groups is 1. The summed E-state index contributed by atoms with van der Waals surface area (Å²) >= 11 is 0. The minimum Gasteiger partial charge on any atom is -0.507 e. The Bertz CT molecular complexity index is 1110. The number of ether oxygens (including phenoxy) is 2. The zero-order chi connectivity index (χ0) is 22.7. The van der Waals surface area contributed by atoms with Crippen LogP contribution in [0.5, 0.6) is 11.5 Å². The molecular weight excluding hydrogens is 410 g/mol. The molecular formula is C23H25N5O4. The predicted octanol–water partition coefficient (Wildman–Crippen LogP) is 2.70. The normalized spacial score (nSPS) is 15.0. The molecule has 1 aromatic heterocycles. The van der Waals surface area contributed by atoms with Crippen LogP contribution in [0.1, 0.15) is 25.0 Å². The second kappa shape index (κ2) is 9.09. The van der Waals surface area contributed by atoms with Crippen molar-refractivity contribution in [1.29, 1.82) is 0 Å². The van der Waals surface area contributed by atoms with Crippen LogP contribution >= 0.6 is 0 Å². The molecule has 9 nitrogen and oxygen atoms in total. The molecule has 0 bridgehead atoms. The molecule has 4 rings (SSSR count). The number of amides is 1. The molecule has 0 saturated heterocycles. The van der Waals surface area contributed by atoms with Crippen LogP contribution < -0.4 is 14.8 Å². The summed E-state index contributed by atoms with van der Waals surface area (Å²) in [6.07, 6.45) is 4.81. The number of methoxy groups -OCH3 is 1. The number of rotatable bonds is 7. The molecule has 2 N–H and O–H groups in total. The molecule has 0 saturated carbocycles. The number of hydrogen-bond donors (Lipinski definition) is 2. The van der Waals surface area contributed by atoms with E-state index in [1.807, 2.05) is 24.8 Å². The minimum absolute atomic E-state index is 0.0225. The summed E-state index contributed by atoms with van der Waals surface area (Å²) < 4.78 is 11.3. The predicted molar refractivity (Wildman–Crippen MR) is 122 cm³/mol. The van der Waals surface area contributed by atoms with Crippen molar-refractivity contribution in [3.63, 3.8) is 0 Å². The molecule has 0 aliphatic carbocycles. The van der Waals surface area contributed by atoms with E-state index in [4.69, 9.17) is 14.5 Å². The second-order valence-electron chi connectivity index (χ2n) is 7.60. The standard InChI is InChI=1S/C23H25N5O4/c1-14(2)26-20(30)13-32-18-7-6-16-21(22(18)31-3)27-19(28-10-9-25-23(16)28)11-17(29)15-5-4-8-24-12-15/h4-8,11-12,14,29H,9-10,13H2,1-3H3,(H,26,30)/b17-11-. The van der Waals surface area contributed by atoms with E-state index in [0.717, 1.165) is 11.4 Å². The summed E-state index contributed by atoms with van der Waals surface area (Å²) in [5, 5.41) is 13.4. The molecule has 0 spiro atoms. The number of aromatic nitrogens is 1. The van der Waals surface area contributed by atoms with Crippen LogP contribution in [0, 0.1) is 0 Å². The summed E-state index contributed by atoms with van der Waals surface area (Å²) in [4.78, 5) is 27.4. The smallest absolute Gasteiger partial charge is 0.258 e. The number of pyridine rings is 1. The molecule has 1 amide bonds. The highest BCUT2D eigenvalue weighted by atomic mass is 16.5. The third-order valence-electron chi connectivity index (χ3n) is 4.92. The van der Waals surface area contributed by atoms with Gasteiger partial charge in [-0.3, -0.25) is 14.8 Å². The number of aliphatic imine (C=N–C) groups is 2. The Morgan fingerprint density at radius 3 is 2.91 bits per heavy atom. The molecule has 166 valence electrons. The van der Waals surface area contributed by atoms with E-state index in [2.05, 4.69) is 15.3 Å². The Hall–Kier alpha value is -3.88. The third-order valence-corrected chi connectivity index (χ3v) is 4.92. The van der Waals surface area contributed by atoms with E-state index in [1.165, 1.54) is 7.11 Å². The Balaban J connectivity index is 1.71. The van der Waals surface area contributed by atoms with Crippen molar-refractivity contribution in [2.24, 2.45) is 9.98 Å². The number of aliphatic hydroxyl groups is 1. The van der Waals surface area contributed by atoms with Crippen LogP contribution in [0.25, 0.3) is 5.76 Å². The highest BCUT2D eigenvalue weighted by Crippen LogP contribution is 2.43. The molecule has 3 heterocycles.